The number of carbonyl (C=O) groups is 1. The molecule has 0 aromatic heterocycles. The molecule has 0 saturated heterocycles. The molecule has 2 atom stereocenters. The lowest BCUT2D eigenvalue weighted by Crippen LogP contribution is -2.36. The number of carbonyl (C=O) groups excluding carboxylic acids is 1. The number of rotatable bonds is 2. The van der Waals surface area contributed by atoms with Crippen LogP contribution in [0.5, 0.6) is 0 Å². The van der Waals surface area contributed by atoms with Gasteiger partial charge in [0.1, 0.15) is 0 Å². The van der Waals surface area contributed by atoms with Crippen LogP contribution in [-0.4, -0.2) is 11.7 Å². The molecule has 2 fully saturated rings. The summed E-state index contributed by atoms with van der Waals surface area (Å²) in [6, 6.07) is 4.91. The Kier molecular flexibility index (Phi) is 3.77. The Bertz CT molecular complexity index is 642. The Balaban J connectivity index is 1.87. The van der Waals surface area contributed by atoms with Gasteiger partial charge in [0.2, 0.25) is 0 Å². The molecule has 1 aromatic rings. The predicted octanol–water partition coefficient (Wildman–Crippen LogP) is 5.35. The fourth-order valence-electron chi connectivity index (χ4n) is 4.10. The van der Waals surface area contributed by atoms with Crippen LogP contribution in [0.4, 0.5) is 0 Å². The highest BCUT2D eigenvalue weighted by molar-refractivity contribution is 6.39. The fourth-order valence-corrected chi connectivity index (χ4v) is 4.65. The molecule has 2 saturated carbocycles. The average Bonchev–Trinajstić information content (AvgIpc) is 2.89. The van der Waals surface area contributed by atoms with Crippen LogP contribution in [0.2, 0.25) is 10.0 Å². The van der Waals surface area contributed by atoms with E-state index in [4.69, 9.17) is 28.0 Å². The van der Waals surface area contributed by atoms with Gasteiger partial charge in [-0.2, -0.15) is 0 Å². The molecule has 118 valence electrons. The standard InChI is InChI=1S/C17H19Cl2NO2/c1-16(2)10-7-8-17(3,9-10)15(16)20-22-14(21)13-11(18)5-4-6-12(13)19/h4-6,10H,7-9H2,1-3H3. The third kappa shape index (κ3) is 2.35. The second kappa shape index (κ2) is 5.24. The molecule has 2 bridgehead atoms. The van der Waals surface area contributed by atoms with Crippen molar-refractivity contribution in [2.45, 2.75) is 40.0 Å². The monoisotopic (exact) mass is 339 g/mol. The first-order valence-electron chi connectivity index (χ1n) is 7.50. The Morgan fingerprint density at radius 2 is 1.91 bits per heavy atom. The molecule has 0 spiro atoms. The van der Waals surface area contributed by atoms with E-state index in [9.17, 15) is 4.79 Å². The van der Waals surface area contributed by atoms with Gasteiger partial charge >= 0.3 is 5.97 Å². The Hall–Kier alpha value is -1.06. The molecule has 0 amide bonds. The summed E-state index contributed by atoms with van der Waals surface area (Å²) in [5, 5.41) is 4.79. The van der Waals surface area contributed by atoms with Crippen molar-refractivity contribution in [1.82, 2.24) is 0 Å². The molecule has 1 aromatic carbocycles. The van der Waals surface area contributed by atoms with Gasteiger partial charge in [-0.25, -0.2) is 4.79 Å². The smallest absolute Gasteiger partial charge is 0.313 e. The third-order valence-electron chi connectivity index (χ3n) is 5.33. The Morgan fingerprint density at radius 3 is 2.45 bits per heavy atom. The number of hydrogen-bond acceptors (Lipinski definition) is 3. The van der Waals surface area contributed by atoms with E-state index in [1.54, 1.807) is 18.2 Å². The molecule has 0 radical (unpaired) electrons. The Morgan fingerprint density at radius 1 is 1.27 bits per heavy atom. The van der Waals surface area contributed by atoms with E-state index in [1.165, 1.54) is 6.42 Å². The van der Waals surface area contributed by atoms with E-state index in [2.05, 4.69) is 25.9 Å². The highest BCUT2D eigenvalue weighted by Gasteiger charge is 2.57. The van der Waals surface area contributed by atoms with Crippen molar-refractivity contribution in [1.29, 1.82) is 0 Å². The summed E-state index contributed by atoms with van der Waals surface area (Å²) in [5.74, 6) is 0.00382. The summed E-state index contributed by atoms with van der Waals surface area (Å²) in [5.41, 5.74) is 1.16. The topological polar surface area (TPSA) is 38.7 Å². The van der Waals surface area contributed by atoms with Gasteiger partial charge in [-0.1, -0.05) is 55.2 Å². The number of hydrogen-bond donors (Lipinski definition) is 0. The van der Waals surface area contributed by atoms with Crippen molar-refractivity contribution < 1.29 is 9.63 Å². The SMILES string of the molecule is CC12CCC(C1)C(C)(C)C2=NOC(=O)c1c(Cl)cccc1Cl. The van der Waals surface area contributed by atoms with E-state index in [1.807, 2.05) is 0 Å². The molecule has 22 heavy (non-hydrogen) atoms. The predicted molar refractivity (Wildman–Crippen MR) is 88.5 cm³/mol. The molecule has 3 rings (SSSR count). The second-order valence-corrected chi connectivity index (χ2v) is 7.95. The second-order valence-electron chi connectivity index (χ2n) is 7.14. The maximum Gasteiger partial charge on any atom is 0.368 e. The molecule has 0 N–H and O–H groups in total. The first-order chi connectivity index (χ1) is 10.3. The van der Waals surface area contributed by atoms with E-state index < -0.39 is 5.97 Å². The zero-order chi connectivity index (χ0) is 16.1. The quantitative estimate of drug-likeness (QED) is 0.537. The molecule has 2 aliphatic rings. The van der Waals surface area contributed by atoms with Gasteiger partial charge in [-0.05, 0) is 37.3 Å². The maximum absolute atomic E-state index is 12.3. The first-order valence-corrected chi connectivity index (χ1v) is 8.25. The summed E-state index contributed by atoms with van der Waals surface area (Å²) in [4.78, 5) is 17.5. The van der Waals surface area contributed by atoms with Crippen molar-refractivity contribution in [2.24, 2.45) is 21.9 Å². The van der Waals surface area contributed by atoms with Gasteiger partial charge in [0, 0.05) is 10.8 Å². The fraction of sp³-hybridized carbons (Fsp3) is 0.529. The van der Waals surface area contributed by atoms with Crippen LogP contribution in [0.1, 0.15) is 50.4 Å². The third-order valence-corrected chi connectivity index (χ3v) is 5.96. The molecule has 2 aliphatic carbocycles. The maximum atomic E-state index is 12.3. The summed E-state index contributed by atoms with van der Waals surface area (Å²) in [6.07, 6.45) is 3.43. The first kappa shape index (κ1) is 15.8. The zero-order valence-electron chi connectivity index (χ0n) is 13.0. The van der Waals surface area contributed by atoms with Gasteiger partial charge < -0.3 is 4.84 Å². The van der Waals surface area contributed by atoms with Crippen LogP contribution in [0.15, 0.2) is 23.4 Å². The lowest BCUT2D eigenvalue weighted by atomic mass is 9.71. The van der Waals surface area contributed by atoms with Gasteiger partial charge in [-0.15, -0.1) is 0 Å². The summed E-state index contributed by atoms with van der Waals surface area (Å²) >= 11 is 12.1. The van der Waals surface area contributed by atoms with Crippen LogP contribution >= 0.6 is 23.2 Å². The molecule has 5 heteroatoms. The highest BCUT2D eigenvalue weighted by atomic mass is 35.5. The van der Waals surface area contributed by atoms with Crippen molar-refractivity contribution in [3.8, 4) is 0 Å². The molecular weight excluding hydrogens is 321 g/mol. The largest absolute Gasteiger partial charge is 0.368 e. The van der Waals surface area contributed by atoms with Crippen LogP contribution in [-0.2, 0) is 4.84 Å². The number of benzene rings is 1. The molecule has 0 heterocycles. The lowest BCUT2D eigenvalue weighted by molar-refractivity contribution is 0.0506. The summed E-state index contributed by atoms with van der Waals surface area (Å²) in [7, 11) is 0. The highest BCUT2D eigenvalue weighted by Crippen LogP contribution is 2.60. The van der Waals surface area contributed by atoms with Gasteiger partial charge in [0.25, 0.3) is 0 Å². The minimum Gasteiger partial charge on any atom is -0.313 e. The van der Waals surface area contributed by atoms with E-state index in [-0.39, 0.29) is 26.4 Å². The van der Waals surface area contributed by atoms with E-state index in [0.717, 1.165) is 18.6 Å². The van der Waals surface area contributed by atoms with E-state index >= 15 is 0 Å². The molecule has 2 unspecified atom stereocenters. The zero-order valence-corrected chi connectivity index (χ0v) is 14.5. The number of fused-ring (bicyclic) bond motifs is 2. The molecular formula is C17H19Cl2NO2. The van der Waals surface area contributed by atoms with Crippen molar-refractivity contribution in [3.05, 3.63) is 33.8 Å². The lowest BCUT2D eigenvalue weighted by Gasteiger charge is -2.34. The average molecular weight is 340 g/mol. The van der Waals surface area contributed by atoms with Crippen LogP contribution < -0.4 is 0 Å². The van der Waals surface area contributed by atoms with Crippen LogP contribution in [0, 0.1) is 16.7 Å². The van der Waals surface area contributed by atoms with Crippen LogP contribution in [0.3, 0.4) is 0 Å². The minimum absolute atomic E-state index is 0.0302. The summed E-state index contributed by atoms with van der Waals surface area (Å²) in [6.45, 7) is 6.56. The van der Waals surface area contributed by atoms with E-state index in [0.29, 0.717) is 5.92 Å². The number of halogens is 2. The van der Waals surface area contributed by atoms with Gasteiger partial charge in [-0.3, -0.25) is 0 Å². The van der Waals surface area contributed by atoms with Gasteiger partial charge in [0.15, 0.2) is 0 Å². The van der Waals surface area contributed by atoms with Crippen LogP contribution in [0.25, 0.3) is 0 Å². The van der Waals surface area contributed by atoms with Crippen molar-refractivity contribution >= 4 is 34.9 Å². The number of oxime groups is 1. The van der Waals surface area contributed by atoms with Crippen molar-refractivity contribution in [3.63, 3.8) is 0 Å². The Labute approximate surface area is 140 Å². The minimum atomic E-state index is -0.606. The van der Waals surface area contributed by atoms with Crippen molar-refractivity contribution in [2.75, 3.05) is 0 Å². The normalized spacial score (nSPS) is 30.8. The van der Waals surface area contributed by atoms with Gasteiger partial charge in [0.05, 0.1) is 21.3 Å². The summed E-state index contributed by atoms with van der Waals surface area (Å²) < 4.78 is 0. The molecule has 3 nitrogen and oxygen atoms in total. The molecule has 0 aliphatic heterocycles. The number of nitrogens with zero attached hydrogens (tertiary/aromatic N) is 1.